The monoisotopic (exact) mass is 458 g/mol. The Labute approximate surface area is 192 Å². The molecular weight excluding hydrogens is 424 g/mol. The van der Waals surface area contributed by atoms with Gasteiger partial charge in [0.15, 0.2) is 0 Å². The first-order chi connectivity index (χ1) is 15.3. The van der Waals surface area contributed by atoms with Gasteiger partial charge >= 0.3 is 0 Å². The zero-order valence-electron chi connectivity index (χ0n) is 19.5. The van der Waals surface area contributed by atoms with Crippen LogP contribution in [0, 0.1) is 6.92 Å². The van der Waals surface area contributed by atoms with E-state index >= 15 is 0 Å². The van der Waals surface area contributed by atoms with Crippen molar-refractivity contribution < 1.29 is 17.9 Å². The van der Waals surface area contributed by atoms with Crippen LogP contribution in [0.1, 0.15) is 60.9 Å². The van der Waals surface area contributed by atoms with Crippen molar-refractivity contribution in [3.8, 4) is 5.75 Å². The molecule has 7 heteroatoms. The van der Waals surface area contributed by atoms with E-state index < -0.39 is 10.0 Å². The summed E-state index contributed by atoms with van der Waals surface area (Å²) in [7, 11) is 0.970. The number of anilines is 1. The van der Waals surface area contributed by atoms with Gasteiger partial charge in [-0.15, -0.1) is 0 Å². The van der Waals surface area contributed by atoms with E-state index in [9.17, 15) is 13.2 Å². The van der Waals surface area contributed by atoms with Crippen LogP contribution in [0.2, 0.25) is 0 Å². The Kier molecular flexibility index (Phi) is 7.82. The molecule has 1 saturated carbocycles. The van der Waals surface area contributed by atoms with E-state index in [1.165, 1.54) is 43.8 Å². The van der Waals surface area contributed by atoms with Crippen molar-refractivity contribution in [3.05, 3.63) is 53.6 Å². The van der Waals surface area contributed by atoms with Gasteiger partial charge in [0.25, 0.3) is 15.9 Å². The number of sulfonamides is 1. The van der Waals surface area contributed by atoms with Crippen molar-refractivity contribution in [2.24, 2.45) is 0 Å². The number of amides is 1. The molecule has 0 saturated heterocycles. The number of methoxy groups -OCH3 is 1. The molecule has 0 aromatic heterocycles. The minimum Gasteiger partial charge on any atom is -0.495 e. The summed E-state index contributed by atoms with van der Waals surface area (Å²) in [5, 5.41) is 0. The molecule has 1 aliphatic carbocycles. The Balaban J connectivity index is 1.91. The largest absolute Gasteiger partial charge is 0.495 e. The third-order valence-electron chi connectivity index (χ3n) is 6.47. The fraction of sp³-hybridized carbons (Fsp3) is 0.480. The summed E-state index contributed by atoms with van der Waals surface area (Å²) in [6.07, 6.45) is 7.93. The lowest BCUT2D eigenvalue weighted by Crippen LogP contribution is -2.38. The second-order valence-corrected chi connectivity index (χ2v) is 10.5. The first kappa shape index (κ1) is 24.1. The van der Waals surface area contributed by atoms with Gasteiger partial charge in [-0.2, -0.15) is 0 Å². The number of ether oxygens (including phenoxy) is 1. The fourth-order valence-corrected chi connectivity index (χ4v) is 5.58. The zero-order chi connectivity index (χ0) is 23.3. The van der Waals surface area contributed by atoms with E-state index in [0.29, 0.717) is 17.0 Å². The number of benzene rings is 2. The zero-order valence-corrected chi connectivity index (χ0v) is 20.3. The molecule has 0 unspecified atom stereocenters. The molecule has 0 aliphatic heterocycles. The number of nitrogens with zero attached hydrogens (tertiary/aromatic N) is 2. The standard InChI is InChI=1S/C25H34N2O4S/c1-19-16-17-21(32(29,30)27(3)23-14-10-11-15-24(23)31-4)18-22(19)25(28)26(2)20-12-8-6-5-7-9-13-20/h10-11,14-18,20H,5-9,12-13H2,1-4H3. The Morgan fingerprint density at radius 2 is 1.59 bits per heavy atom. The number of rotatable bonds is 6. The molecule has 2 aromatic rings. The first-order valence-corrected chi connectivity index (χ1v) is 12.7. The van der Waals surface area contributed by atoms with E-state index in [1.54, 1.807) is 36.4 Å². The van der Waals surface area contributed by atoms with Crippen LogP contribution in [0.15, 0.2) is 47.4 Å². The van der Waals surface area contributed by atoms with Gasteiger partial charge in [-0.05, 0) is 49.6 Å². The maximum absolute atomic E-state index is 13.4. The lowest BCUT2D eigenvalue weighted by atomic mass is 9.95. The van der Waals surface area contributed by atoms with Crippen LogP contribution in [-0.4, -0.2) is 46.5 Å². The second kappa shape index (κ2) is 10.4. The van der Waals surface area contributed by atoms with Gasteiger partial charge in [-0.1, -0.05) is 50.3 Å². The summed E-state index contributed by atoms with van der Waals surface area (Å²) in [4.78, 5) is 15.3. The van der Waals surface area contributed by atoms with Gasteiger partial charge in [0.1, 0.15) is 5.75 Å². The molecule has 0 atom stereocenters. The van der Waals surface area contributed by atoms with Crippen molar-refractivity contribution in [2.75, 3.05) is 25.5 Å². The summed E-state index contributed by atoms with van der Waals surface area (Å²) < 4.78 is 33.3. The van der Waals surface area contributed by atoms with Crippen molar-refractivity contribution in [1.29, 1.82) is 0 Å². The molecule has 0 radical (unpaired) electrons. The number of carbonyl (C=O) groups excluding carboxylic acids is 1. The number of para-hydroxylation sites is 2. The van der Waals surface area contributed by atoms with Gasteiger partial charge in [0.2, 0.25) is 0 Å². The van der Waals surface area contributed by atoms with E-state index in [2.05, 4.69) is 0 Å². The molecule has 0 bridgehead atoms. The second-order valence-electron chi connectivity index (χ2n) is 8.54. The smallest absolute Gasteiger partial charge is 0.264 e. The summed E-state index contributed by atoms with van der Waals surface area (Å²) in [5.41, 5.74) is 1.64. The molecule has 32 heavy (non-hydrogen) atoms. The highest BCUT2D eigenvalue weighted by atomic mass is 32.2. The Hall–Kier alpha value is -2.54. The molecule has 1 amide bonds. The molecule has 0 spiro atoms. The summed E-state index contributed by atoms with van der Waals surface area (Å²) >= 11 is 0. The van der Waals surface area contributed by atoms with E-state index in [-0.39, 0.29) is 16.8 Å². The Morgan fingerprint density at radius 1 is 0.969 bits per heavy atom. The highest BCUT2D eigenvalue weighted by Crippen LogP contribution is 2.31. The van der Waals surface area contributed by atoms with Crippen LogP contribution in [-0.2, 0) is 10.0 Å². The number of carbonyl (C=O) groups is 1. The molecule has 1 aliphatic rings. The number of hydrogen-bond acceptors (Lipinski definition) is 4. The molecule has 174 valence electrons. The van der Waals surface area contributed by atoms with Crippen LogP contribution in [0.5, 0.6) is 5.75 Å². The topological polar surface area (TPSA) is 66.9 Å². The summed E-state index contributed by atoms with van der Waals surface area (Å²) in [6, 6.07) is 11.9. The van der Waals surface area contributed by atoms with E-state index in [0.717, 1.165) is 31.2 Å². The predicted octanol–water partition coefficient (Wildman–Crippen LogP) is 5.01. The maximum atomic E-state index is 13.4. The van der Waals surface area contributed by atoms with Crippen LogP contribution >= 0.6 is 0 Å². The van der Waals surface area contributed by atoms with Gasteiger partial charge in [0, 0.05) is 25.7 Å². The summed E-state index contributed by atoms with van der Waals surface area (Å²) in [6.45, 7) is 1.85. The van der Waals surface area contributed by atoms with E-state index in [1.807, 2.05) is 18.9 Å². The highest BCUT2D eigenvalue weighted by molar-refractivity contribution is 7.92. The number of aryl methyl sites for hydroxylation is 1. The summed E-state index contributed by atoms with van der Waals surface area (Å²) in [5.74, 6) is 0.344. The minimum atomic E-state index is -3.88. The van der Waals surface area contributed by atoms with Crippen molar-refractivity contribution in [1.82, 2.24) is 4.90 Å². The predicted molar refractivity (Wildman–Crippen MR) is 128 cm³/mol. The van der Waals surface area contributed by atoms with Crippen LogP contribution in [0.3, 0.4) is 0 Å². The average Bonchev–Trinajstić information content (AvgIpc) is 2.77. The molecule has 6 nitrogen and oxygen atoms in total. The maximum Gasteiger partial charge on any atom is 0.264 e. The van der Waals surface area contributed by atoms with Gasteiger partial charge in [-0.25, -0.2) is 8.42 Å². The minimum absolute atomic E-state index is 0.0888. The lowest BCUT2D eigenvalue weighted by Gasteiger charge is -2.30. The fourth-order valence-electron chi connectivity index (χ4n) is 4.35. The lowest BCUT2D eigenvalue weighted by molar-refractivity contribution is 0.0706. The molecule has 1 fully saturated rings. The molecule has 2 aromatic carbocycles. The number of hydrogen-bond donors (Lipinski definition) is 0. The van der Waals surface area contributed by atoms with Crippen molar-refractivity contribution in [3.63, 3.8) is 0 Å². The third-order valence-corrected chi connectivity index (χ3v) is 8.23. The SMILES string of the molecule is COc1ccccc1N(C)S(=O)(=O)c1ccc(C)c(C(=O)N(C)C2CCCCCCC2)c1. The van der Waals surface area contributed by atoms with Crippen LogP contribution < -0.4 is 9.04 Å². The Bertz CT molecular complexity index is 1040. The quantitative estimate of drug-likeness (QED) is 0.610. The molecular formula is C25H34N2O4S. The third kappa shape index (κ3) is 5.09. The highest BCUT2D eigenvalue weighted by Gasteiger charge is 2.27. The normalized spacial score (nSPS) is 15.5. The van der Waals surface area contributed by atoms with Crippen LogP contribution in [0.25, 0.3) is 0 Å². The molecule has 0 heterocycles. The van der Waals surface area contributed by atoms with Gasteiger partial charge < -0.3 is 9.64 Å². The van der Waals surface area contributed by atoms with Crippen molar-refractivity contribution in [2.45, 2.75) is 62.8 Å². The molecule has 3 rings (SSSR count). The average molecular weight is 459 g/mol. The first-order valence-electron chi connectivity index (χ1n) is 11.3. The Morgan fingerprint density at radius 3 is 2.25 bits per heavy atom. The van der Waals surface area contributed by atoms with E-state index in [4.69, 9.17) is 4.74 Å². The van der Waals surface area contributed by atoms with Crippen molar-refractivity contribution >= 4 is 21.6 Å². The van der Waals surface area contributed by atoms with Crippen LogP contribution in [0.4, 0.5) is 5.69 Å². The van der Waals surface area contributed by atoms with Gasteiger partial charge in [-0.3, -0.25) is 9.10 Å². The van der Waals surface area contributed by atoms with Gasteiger partial charge in [0.05, 0.1) is 17.7 Å². The molecule has 0 N–H and O–H groups in total.